The quantitative estimate of drug-likeness (QED) is 0.694. The number of piperazine rings is 1. The molecular formula is C26H31N6+. The van der Waals surface area contributed by atoms with Crippen molar-refractivity contribution in [1.82, 2.24) is 9.38 Å². The summed E-state index contributed by atoms with van der Waals surface area (Å²) < 4.78 is 2.19. The van der Waals surface area contributed by atoms with Gasteiger partial charge < -0.3 is 9.80 Å². The van der Waals surface area contributed by atoms with E-state index in [-0.39, 0.29) is 0 Å². The van der Waals surface area contributed by atoms with Gasteiger partial charge in [0.05, 0.1) is 54.9 Å². The summed E-state index contributed by atoms with van der Waals surface area (Å²) >= 11 is 0. The minimum absolute atomic E-state index is 0.449. The van der Waals surface area contributed by atoms with Crippen molar-refractivity contribution in [2.45, 2.75) is 57.9 Å². The first-order valence-electron chi connectivity index (χ1n) is 12.0. The summed E-state index contributed by atoms with van der Waals surface area (Å²) in [6.07, 6.45) is 8.01. The van der Waals surface area contributed by atoms with Crippen LogP contribution in [-0.2, 0) is 6.42 Å². The van der Waals surface area contributed by atoms with Crippen LogP contribution in [0, 0.1) is 29.6 Å². The molecule has 2 fully saturated rings. The monoisotopic (exact) mass is 427 g/mol. The molecule has 1 aliphatic heterocycles. The van der Waals surface area contributed by atoms with Gasteiger partial charge in [0.25, 0.3) is 0 Å². The first kappa shape index (κ1) is 20.8. The van der Waals surface area contributed by atoms with Gasteiger partial charge in [0.2, 0.25) is 0 Å². The van der Waals surface area contributed by atoms with E-state index in [1.807, 2.05) is 25.1 Å². The highest BCUT2D eigenvalue weighted by Crippen LogP contribution is 2.34. The van der Waals surface area contributed by atoms with E-state index in [4.69, 9.17) is 4.98 Å². The molecule has 1 aromatic carbocycles. The molecule has 2 aromatic heterocycles. The minimum atomic E-state index is 0.449. The maximum Gasteiger partial charge on any atom is 0.157 e. The number of nitriles is 2. The van der Waals surface area contributed by atoms with Gasteiger partial charge in [-0.25, -0.2) is 4.98 Å². The molecule has 6 heteroatoms. The lowest BCUT2D eigenvalue weighted by Gasteiger charge is -2.39. The molecule has 0 atom stereocenters. The summed E-state index contributed by atoms with van der Waals surface area (Å²) in [4.78, 5) is 9.11. The Hall–Kier alpha value is -3.09. The molecule has 0 radical (unpaired) electrons. The zero-order valence-corrected chi connectivity index (χ0v) is 18.9. The number of imidazole rings is 1. The number of anilines is 1. The van der Waals surface area contributed by atoms with Gasteiger partial charge >= 0.3 is 0 Å². The third-order valence-corrected chi connectivity index (χ3v) is 7.58. The van der Waals surface area contributed by atoms with Crippen LogP contribution >= 0.6 is 0 Å². The zero-order chi connectivity index (χ0) is 22.1. The van der Waals surface area contributed by atoms with E-state index in [0.29, 0.717) is 18.4 Å². The Kier molecular flexibility index (Phi) is 5.72. The summed E-state index contributed by atoms with van der Waals surface area (Å²) in [6, 6.07) is 13.7. The molecule has 5 rings (SSSR count). The Morgan fingerprint density at radius 2 is 1.84 bits per heavy atom. The third-order valence-electron chi connectivity index (χ3n) is 7.58. The molecule has 0 bridgehead atoms. The third kappa shape index (κ3) is 3.49. The Morgan fingerprint density at radius 3 is 2.56 bits per heavy atom. The Labute approximate surface area is 189 Å². The van der Waals surface area contributed by atoms with Gasteiger partial charge in [-0.05, 0) is 62.3 Å². The molecule has 0 amide bonds. The van der Waals surface area contributed by atoms with Crippen molar-refractivity contribution in [2.75, 3.05) is 31.1 Å². The van der Waals surface area contributed by atoms with Crippen LogP contribution < -0.4 is 9.80 Å². The van der Waals surface area contributed by atoms with Crippen LogP contribution in [0.5, 0.6) is 0 Å². The molecule has 164 valence electrons. The van der Waals surface area contributed by atoms with Gasteiger partial charge in [0.1, 0.15) is 11.9 Å². The van der Waals surface area contributed by atoms with Gasteiger partial charge in [0.15, 0.2) is 5.65 Å². The van der Waals surface area contributed by atoms with Crippen molar-refractivity contribution >= 4 is 22.5 Å². The van der Waals surface area contributed by atoms with E-state index in [1.165, 1.54) is 32.1 Å². The number of nitrogens with one attached hydrogen (secondary N) is 1. The fraction of sp³-hybridized carbons (Fsp3) is 0.500. The van der Waals surface area contributed by atoms with Crippen molar-refractivity contribution in [3.8, 4) is 12.1 Å². The average Bonchev–Trinajstić information content (AvgIpc) is 3.22. The van der Waals surface area contributed by atoms with Crippen molar-refractivity contribution in [3.63, 3.8) is 0 Å². The molecule has 3 heterocycles. The fourth-order valence-corrected chi connectivity index (χ4v) is 5.90. The van der Waals surface area contributed by atoms with Crippen molar-refractivity contribution < 1.29 is 4.90 Å². The number of aromatic nitrogens is 2. The van der Waals surface area contributed by atoms with Crippen LogP contribution in [0.15, 0.2) is 24.3 Å². The summed E-state index contributed by atoms with van der Waals surface area (Å²) in [5, 5.41) is 19.3. The topological polar surface area (TPSA) is 72.6 Å². The van der Waals surface area contributed by atoms with Crippen LogP contribution in [-0.4, -0.2) is 41.6 Å². The molecule has 0 unspecified atom stereocenters. The van der Waals surface area contributed by atoms with Crippen LogP contribution in [0.3, 0.4) is 0 Å². The van der Waals surface area contributed by atoms with E-state index < -0.39 is 0 Å². The van der Waals surface area contributed by atoms with Gasteiger partial charge in [-0.2, -0.15) is 10.5 Å². The molecule has 1 N–H and O–H groups in total. The summed E-state index contributed by atoms with van der Waals surface area (Å²) in [6.45, 7) is 6.32. The first-order valence-corrected chi connectivity index (χ1v) is 12.0. The average molecular weight is 428 g/mol. The molecular weight excluding hydrogens is 396 g/mol. The molecule has 0 spiro atoms. The smallest absolute Gasteiger partial charge is 0.157 e. The van der Waals surface area contributed by atoms with E-state index in [1.54, 1.807) is 4.90 Å². The maximum atomic E-state index is 9.99. The van der Waals surface area contributed by atoms with Gasteiger partial charge in [-0.3, -0.25) is 4.40 Å². The molecule has 3 aromatic rings. The van der Waals surface area contributed by atoms with Crippen LogP contribution in [0.4, 0.5) is 5.82 Å². The number of quaternary nitrogens is 1. The van der Waals surface area contributed by atoms with E-state index >= 15 is 0 Å². The van der Waals surface area contributed by atoms with E-state index in [0.717, 1.165) is 65.8 Å². The van der Waals surface area contributed by atoms with Crippen LogP contribution in [0.25, 0.3) is 16.7 Å². The van der Waals surface area contributed by atoms with Crippen molar-refractivity contribution in [3.05, 3.63) is 41.0 Å². The normalized spacial score (nSPS) is 18.2. The number of hydrogen-bond acceptors (Lipinski definition) is 4. The fourth-order valence-electron chi connectivity index (χ4n) is 5.90. The number of para-hydroxylation sites is 2. The Bertz CT molecular complexity index is 1210. The molecule has 6 nitrogen and oxygen atoms in total. The SMILES string of the molecule is Cc1c(CCC#N)c(N2CC[NH+](C3CCCCC3)CC2)n2c(nc3ccccc32)c1C#N. The number of hydrogen-bond donors (Lipinski definition) is 1. The summed E-state index contributed by atoms with van der Waals surface area (Å²) in [5.41, 5.74) is 5.42. The van der Waals surface area contributed by atoms with Gasteiger partial charge in [-0.15, -0.1) is 0 Å². The highest BCUT2D eigenvalue weighted by Gasteiger charge is 2.31. The van der Waals surface area contributed by atoms with Crippen molar-refractivity contribution in [2.24, 2.45) is 0 Å². The van der Waals surface area contributed by atoms with Crippen LogP contribution in [0.1, 0.15) is 55.2 Å². The molecule has 2 aliphatic rings. The largest absolute Gasteiger partial charge is 0.346 e. The number of nitrogens with zero attached hydrogens (tertiary/aromatic N) is 5. The van der Waals surface area contributed by atoms with Gasteiger partial charge in [0, 0.05) is 6.42 Å². The predicted octanol–water partition coefficient (Wildman–Crippen LogP) is 3.16. The maximum absolute atomic E-state index is 9.99. The highest BCUT2D eigenvalue weighted by molar-refractivity contribution is 5.86. The number of pyridine rings is 1. The second kappa shape index (κ2) is 8.81. The highest BCUT2D eigenvalue weighted by atomic mass is 15.3. The molecule has 1 saturated carbocycles. The summed E-state index contributed by atoms with van der Waals surface area (Å²) in [7, 11) is 0. The number of benzene rings is 1. The zero-order valence-electron chi connectivity index (χ0n) is 18.9. The second-order valence-corrected chi connectivity index (χ2v) is 9.31. The summed E-state index contributed by atoms with van der Waals surface area (Å²) in [5.74, 6) is 1.14. The minimum Gasteiger partial charge on any atom is -0.346 e. The first-order chi connectivity index (χ1) is 15.7. The lowest BCUT2D eigenvalue weighted by Crippen LogP contribution is -3.18. The van der Waals surface area contributed by atoms with Crippen LogP contribution in [0.2, 0.25) is 0 Å². The molecule has 32 heavy (non-hydrogen) atoms. The number of rotatable bonds is 4. The van der Waals surface area contributed by atoms with Gasteiger partial charge in [-0.1, -0.05) is 18.6 Å². The van der Waals surface area contributed by atoms with Crippen molar-refractivity contribution in [1.29, 1.82) is 10.5 Å². The Balaban J connectivity index is 1.61. The predicted molar refractivity (Wildman–Crippen MR) is 126 cm³/mol. The van der Waals surface area contributed by atoms with E-state index in [2.05, 4.69) is 27.5 Å². The standard InChI is InChI=1S/C26H30N6/c1-19-21(10-7-13-27)26(31-16-14-30(15-17-31)20-8-3-2-4-9-20)32-24-12-6-5-11-23(24)29-25(32)22(19)18-28/h5-6,11-12,20H,2-4,7-10,14-17H2,1H3/p+1. The Morgan fingerprint density at radius 1 is 1.09 bits per heavy atom. The number of fused-ring (bicyclic) bond motifs is 3. The molecule has 1 aliphatic carbocycles. The lowest BCUT2D eigenvalue weighted by molar-refractivity contribution is -0.927. The van der Waals surface area contributed by atoms with E-state index in [9.17, 15) is 10.5 Å². The lowest BCUT2D eigenvalue weighted by atomic mass is 9.93. The second-order valence-electron chi connectivity index (χ2n) is 9.31. The molecule has 1 saturated heterocycles.